The maximum Gasteiger partial charge on any atom is 0.0192 e. The van der Waals surface area contributed by atoms with Gasteiger partial charge in [-0.3, -0.25) is 0 Å². The molecule has 0 spiro atoms. The van der Waals surface area contributed by atoms with E-state index in [1.54, 1.807) is 0 Å². The fraction of sp³-hybridized carbons (Fsp3) is 0.317. The molecule has 0 N–H and O–H groups in total. The van der Waals surface area contributed by atoms with Crippen LogP contribution < -0.4 is 0 Å². The van der Waals surface area contributed by atoms with Crippen molar-refractivity contribution in [3.8, 4) is 22.5 Å². The summed E-state index contributed by atoms with van der Waals surface area (Å²) in [7, 11) is 0. The average molecular weight is 759 g/mol. The van der Waals surface area contributed by atoms with Gasteiger partial charge in [0.05, 0.1) is 0 Å². The van der Waals surface area contributed by atoms with Crippen molar-refractivity contribution in [1.29, 1.82) is 0 Å². The second-order valence-electron chi connectivity index (χ2n) is 12.6. The van der Waals surface area contributed by atoms with Gasteiger partial charge in [0.1, 0.15) is 0 Å². The van der Waals surface area contributed by atoms with Crippen LogP contribution in [0, 0.1) is 44.7 Å². The van der Waals surface area contributed by atoms with Crippen molar-refractivity contribution in [3.63, 3.8) is 0 Å². The second kappa shape index (κ2) is 16.6. The molecule has 0 aliphatic carbocycles. The molecule has 3 aromatic carbocycles. The van der Waals surface area contributed by atoms with E-state index in [-0.39, 0.29) is 20.1 Å². The fourth-order valence-corrected chi connectivity index (χ4v) is 5.24. The predicted molar refractivity (Wildman–Crippen MR) is 182 cm³/mol. The summed E-state index contributed by atoms with van der Waals surface area (Å²) >= 11 is 0. The van der Waals surface area contributed by atoms with Crippen molar-refractivity contribution in [2.45, 2.75) is 74.1 Å². The molecule has 0 saturated heterocycles. The van der Waals surface area contributed by atoms with E-state index in [1.165, 1.54) is 38.9 Å². The van der Waals surface area contributed by atoms with E-state index in [0.29, 0.717) is 17.8 Å². The maximum atomic E-state index is 4.66. The first-order chi connectivity index (χ1) is 20.6. The van der Waals surface area contributed by atoms with E-state index < -0.39 is 0 Å². The molecule has 0 fully saturated rings. The van der Waals surface area contributed by atoms with Crippen LogP contribution in [-0.2, 0) is 32.9 Å². The molecular weight excluding hydrogens is 713 g/mol. The van der Waals surface area contributed by atoms with Gasteiger partial charge in [0.25, 0.3) is 0 Å². The van der Waals surface area contributed by atoms with Crippen molar-refractivity contribution in [1.82, 2.24) is 9.97 Å². The molecular formula is C41H46IrN2-2. The third-order valence-corrected chi connectivity index (χ3v) is 7.83. The van der Waals surface area contributed by atoms with Gasteiger partial charge in [-0.1, -0.05) is 95.1 Å². The van der Waals surface area contributed by atoms with Gasteiger partial charge in [-0.05, 0) is 72.5 Å². The van der Waals surface area contributed by atoms with Crippen molar-refractivity contribution in [3.05, 3.63) is 142 Å². The van der Waals surface area contributed by atoms with E-state index in [0.717, 1.165) is 35.4 Å². The van der Waals surface area contributed by atoms with Crippen LogP contribution in [0.15, 0.2) is 91.3 Å². The van der Waals surface area contributed by atoms with Gasteiger partial charge in [-0.15, -0.1) is 70.8 Å². The summed E-state index contributed by atoms with van der Waals surface area (Å²) in [5, 5.41) is 0. The van der Waals surface area contributed by atoms with Gasteiger partial charge >= 0.3 is 0 Å². The Balaban J connectivity index is 0.000000247. The van der Waals surface area contributed by atoms with Crippen LogP contribution in [0.1, 0.15) is 79.5 Å². The van der Waals surface area contributed by atoms with Crippen LogP contribution in [0.4, 0.5) is 0 Å². The molecule has 1 radical (unpaired) electrons. The SMILES string of the molecule is Cc1c[c-]c(-c2cc(CC(C)C)c(C)cn2)cc1.Cc1cnc(-c2[c-]ccc(C(C)c3ccccc3)c2)cc1CC(C)C.[Ir]. The van der Waals surface area contributed by atoms with E-state index in [2.05, 4.69) is 144 Å². The number of aromatic nitrogens is 2. The zero-order chi connectivity index (χ0) is 30.9. The molecule has 0 saturated carbocycles. The minimum Gasteiger partial charge on any atom is -0.304 e. The molecule has 231 valence electrons. The van der Waals surface area contributed by atoms with Gasteiger partial charge in [0, 0.05) is 32.5 Å². The Bertz CT molecular complexity index is 1600. The molecule has 0 aliphatic heterocycles. The number of pyridine rings is 2. The Morgan fingerprint density at radius 3 is 1.70 bits per heavy atom. The number of nitrogens with zero attached hydrogens (tertiary/aromatic N) is 2. The summed E-state index contributed by atoms with van der Waals surface area (Å²) in [5.41, 5.74) is 13.4. The third kappa shape index (κ3) is 9.81. The Labute approximate surface area is 279 Å². The van der Waals surface area contributed by atoms with Crippen LogP contribution >= 0.6 is 0 Å². The van der Waals surface area contributed by atoms with Crippen molar-refractivity contribution in [2.24, 2.45) is 11.8 Å². The van der Waals surface area contributed by atoms with Gasteiger partial charge < -0.3 is 9.97 Å². The zero-order valence-corrected chi connectivity index (χ0v) is 29.9. The summed E-state index contributed by atoms with van der Waals surface area (Å²) in [4.78, 5) is 9.17. The quantitative estimate of drug-likeness (QED) is 0.147. The van der Waals surface area contributed by atoms with Crippen LogP contribution in [-0.4, -0.2) is 9.97 Å². The van der Waals surface area contributed by atoms with E-state index >= 15 is 0 Å². The topological polar surface area (TPSA) is 25.8 Å². The number of rotatable bonds is 8. The molecule has 2 aromatic heterocycles. The normalized spacial score (nSPS) is 11.5. The second-order valence-corrected chi connectivity index (χ2v) is 12.6. The summed E-state index contributed by atoms with van der Waals surface area (Å²) in [5.74, 6) is 1.67. The molecule has 5 aromatic rings. The maximum absolute atomic E-state index is 4.66. The summed E-state index contributed by atoms with van der Waals surface area (Å²) in [6.07, 6.45) is 6.16. The van der Waals surface area contributed by atoms with Crippen molar-refractivity contribution < 1.29 is 20.1 Å². The zero-order valence-electron chi connectivity index (χ0n) is 27.5. The number of hydrogen-bond acceptors (Lipinski definition) is 2. The average Bonchev–Trinajstić information content (AvgIpc) is 3.00. The molecule has 0 amide bonds. The first-order valence-electron chi connectivity index (χ1n) is 15.6. The molecule has 2 nitrogen and oxygen atoms in total. The van der Waals surface area contributed by atoms with Crippen molar-refractivity contribution >= 4 is 0 Å². The molecule has 1 unspecified atom stereocenters. The third-order valence-electron chi connectivity index (χ3n) is 7.83. The van der Waals surface area contributed by atoms with Crippen LogP contribution in [0.3, 0.4) is 0 Å². The van der Waals surface area contributed by atoms with Gasteiger partial charge in [-0.25, -0.2) is 0 Å². The largest absolute Gasteiger partial charge is 0.304 e. The van der Waals surface area contributed by atoms with E-state index in [1.807, 2.05) is 24.5 Å². The van der Waals surface area contributed by atoms with Crippen LogP contribution in [0.25, 0.3) is 22.5 Å². The van der Waals surface area contributed by atoms with Crippen LogP contribution in [0.5, 0.6) is 0 Å². The molecule has 3 heteroatoms. The monoisotopic (exact) mass is 759 g/mol. The first-order valence-corrected chi connectivity index (χ1v) is 15.6. The molecule has 2 heterocycles. The fourth-order valence-electron chi connectivity index (χ4n) is 5.24. The molecule has 1 atom stereocenters. The summed E-state index contributed by atoms with van der Waals surface area (Å²) < 4.78 is 0. The predicted octanol–water partition coefficient (Wildman–Crippen LogP) is 10.6. The Morgan fingerprint density at radius 1 is 0.614 bits per heavy atom. The van der Waals surface area contributed by atoms with Gasteiger partial charge in [-0.2, -0.15) is 0 Å². The molecule has 0 aliphatic rings. The van der Waals surface area contributed by atoms with Crippen LogP contribution in [0.2, 0.25) is 0 Å². The van der Waals surface area contributed by atoms with E-state index in [4.69, 9.17) is 0 Å². The summed E-state index contributed by atoms with van der Waals surface area (Å²) in [6.45, 7) is 17.6. The minimum atomic E-state index is 0. The smallest absolute Gasteiger partial charge is 0.0192 e. The standard InChI is InChI=1S/C24H26N.C17H20N.Ir/c1-17(2)13-23-15-24(25-16-18(23)3)22-12-8-11-21(14-22)19(4)20-9-6-5-7-10-20;1-12(2)9-16-10-17(18-11-14(16)4)15-7-5-13(3)6-8-15;/h5-11,14-17,19H,13H2,1-4H3;5-7,10-12H,9H2,1-4H3;/q2*-1;. The first kappa shape index (κ1) is 35.1. The minimum absolute atomic E-state index is 0. The molecule has 5 rings (SSSR count). The van der Waals surface area contributed by atoms with Crippen molar-refractivity contribution in [2.75, 3.05) is 0 Å². The molecule has 0 bridgehead atoms. The Morgan fingerprint density at radius 2 is 1.18 bits per heavy atom. The number of benzene rings is 3. The Kier molecular flexibility index (Phi) is 13.3. The number of hydrogen-bond donors (Lipinski definition) is 0. The van der Waals surface area contributed by atoms with Gasteiger partial charge in [0.2, 0.25) is 0 Å². The summed E-state index contributed by atoms with van der Waals surface area (Å²) in [6, 6.07) is 34.3. The number of aryl methyl sites for hydroxylation is 3. The van der Waals surface area contributed by atoms with E-state index in [9.17, 15) is 0 Å². The Hall–Kier alpha value is -3.39. The van der Waals surface area contributed by atoms with Gasteiger partial charge in [0.15, 0.2) is 0 Å². The molecule has 44 heavy (non-hydrogen) atoms.